The Labute approximate surface area is 111 Å². The number of piperazine rings is 1. The van der Waals surface area contributed by atoms with Crippen LogP contribution in [0.3, 0.4) is 0 Å². The van der Waals surface area contributed by atoms with Crippen LogP contribution in [-0.4, -0.2) is 55.0 Å². The van der Waals surface area contributed by atoms with Crippen LogP contribution in [0, 0.1) is 11.8 Å². The van der Waals surface area contributed by atoms with Crippen LogP contribution in [0.15, 0.2) is 0 Å². The fourth-order valence-corrected chi connectivity index (χ4v) is 2.80. The quantitative estimate of drug-likeness (QED) is 0.802. The molecule has 18 heavy (non-hydrogen) atoms. The van der Waals surface area contributed by atoms with E-state index < -0.39 is 0 Å². The van der Waals surface area contributed by atoms with Crippen molar-refractivity contribution in [3.05, 3.63) is 0 Å². The molecule has 1 unspecified atom stereocenters. The zero-order valence-electron chi connectivity index (χ0n) is 12.4. The van der Waals surface area contributed by atoms with E-state index in [1.54, 1.807) is 0 Å². The van der Waals surface area contributed by atoms with Crippen molar-refractivity contribution < 1.29 is 4.79 Å². The Hall–Kier alpha value is -0.610. The van der Waals surface area contributed by atoms with E-state index >= 15 is 0 Å². The molecule has 1 rings (SSSR count). The van der Waals surface area contributed by atoms with Crippen molar-refractivity contribution >= 4 is 5.91 Å². The first-order valence-corrected chi connectivity index (χ1v) is 7.12. The van der Waals surface area contributed by atoms with E-state index in [0.29, 0.717) is 30.8 Å². The Bertz CT molecular complexity index is 268. The monoisotopic (exact) mass is 255 g/mol. The maximum Gasteiger partial charge on any atom is 0.223 e. The average molecular weight is 255 g/mol. The van der Waals surface area contributed by atoms with Gasteiger partial charge in [0.1, 0.15) is 0 Å². The highest BCUT2D eigenvalue weighted by atomic mass is 16.2. The van der Waals surface area contributed by atoms with Crippen molar-refractivity contribution in [3.8, 4) is 0 Å². The van der Waals surface area contributed by atoms with Gasteiger partial charge in [-0.2, -0.15) is 0 Å². The summed E-state index contributed by atoms with van der Waals surface area (Å²) in [5, 5.41) is 0. The first kappa shape index (κ1) is 15.4. The number of hydrogen-bond acceptors (Lipinski definition) is 3. The van der Waals surface area contributed by atoms with Crippen molar-refractivity contribution in [2.24, 2.45) is 17.6 Å². The SMILES string of the molecule is CC(C)C[C@H](CN)CC(=O)N1CCN(C)CC1C. The number of carbonyl (C=O) groups excluding carboxylic acids is 1. The normalized spacial score (nSPS) is 23.4. The molecule has 2 N–H and O–H groups in total. The first-order valence-electron chi connectivity index (χ1n) is 7.12. The van der Waals surface area contributed by atoms with E-state index in [2.05, 4.69) is 32.7 Å². The highest BCUT2D eigenvalue weighted by molar-refractivity contribution is 5.77. The lowest BCUT2D eigenvalue weighted by Crippen LogP contribution is -2.53. The van der Waals surface area contributed by atoms with Gasteiger partial charge in [-0.05, 0) is 38.8 Å². The highest BCUT2D eigenvalue weighted by Crippen LogP contribution is 2.18. The van der Waals surface area contributed by atoms with Gasteiger partial charge in [-0.15, -0.1) is 0 Å². The number of nitrogens with two attached hydrogens (primary N) is 1. The van der Waals surface area contributed by atoms with Gasteiger partial charge in [-0.1, -0.05) is 13.8 Å². The lowest BCUT2D eigenvalue weighted by molar-refractivity contribution is -0.136. The highest BCUT2D eigenvalue weighted by Gasteiger charge is 2.27. The van der Waals surface area contributed by atoms with Gasteiger partial charge in [0.15, 0.2) is 0 Å². The van der Waals surface area contributed by atoms with Crippen LogP contribution >= 0.6 is 0 Å². The molecule has 106 valence electrons. The summed E-state index contributed by atoms with van der Waals surface area (Å²) in [5.74, 6) is 1.23. The van der Waals surface area contributed by atoms with Gasteiger partial charge in [0.05, 0.1) is 0 Å². The summed E-state index contributed by atoms with van der Waals surface area (Å²) >= 11 is 0. The van der Waals surface area contributed by atoms with Crippen LogP contribution in [0.4, 0.5) is 0 Å². The summed E-state index contributed by atoms with van der Waals surface area (Å²) in [6, 6.07) is 0.328. The minimum atomic E-state index is 0.284. The lowest BCUT2D eigenvalue weighted by Gasteiger charge is -2.39. The molecule has 4 heteroatoms. The summed E-state index contributed by atoms with van der Waals surface area (Å²) < 4.78 is 0. The van der Waals surface area contributed by atoms with E-state index in [-0.39, 0.29) is 5.91 Å². The predicted octanol–water partition coefficient (Wildman–Crippen LogP) is 1.16. The minimum absolute atomic E-state index is 0.284. The zero-order valence-corrected chi connectivity index (χ0v) is 12.4. The van der Waals surface area contributed by atoms with E-state index in [0.717, 1.165) is 26.1 Å². The second-order valence-electron chi connectivity index (χ2n) is 6.13. The number of carbonyl (C=O) groups is 1. The van der Waals surface area contributed by atoms with Gasteiger partial charge in [-0.3, -0.25) is 4.79 Å². The fraction of sp³-hybridized carbons (Fsp3) is 0.929. The molecule has 0 saturated carbocycles. The Morgan fingerprint density at radius 3 is 2.56 bits per heavy atom. The maximum absolute atomic E-state index is 12.3. The lowest BCUT2D eigenvalue weighted by atomic mass is 9.93. The standard InChI is InChI=1S/C14H29N3O/c1-11(2)7-13(9-15)8-14(18)17-6-5-16(4)10-12(17)3/h11-13H,5-10,15H2,1-4H3/t12?,13-/m0/s1. The Morgan fingerprint density at radius 1 is 1.39 bits per heavy atom. The van der Waals surface area contributed by atoms with Crippen LogP contribution in [0.2, 0.25) is 0 Å². The van der Waals surface area contributed by atoms with Gasteiger partial charge in [0.2, 0.25) is 5.91 Å². The van der Waals surface area contributed by atoms with Gasteiger partial charge in [0.25, 0.3) is 0 Å². The first-order chi connectivity index (χ1) is 8.43. The number of rotatable bonds is 5. The third-order valence-electron chi connectivity index (χ3n) is 3.75. The van der Waals surface area contributed by atoms with E-state index in [4.69, 9.17) is 5.73 Å². The van der Waals surface area contributed by atoms with Crippen LogP contribution in [0.25, 0.3) is 0 Å². The molecular formula is C14H29N3O. The molecule has 0 spiro atoms. The summed E-state index contributed by atoms with van der Waals surface area (Å²) in [6.07, 6.45) is 1.66. The van der Waals surface area contributed by atoms with Gasteiger partial charge in [-0.25, -0.2) is 0 Å². The van der Waals surface area contributed by atoms with Crippen molar-refractivity contribution in [2.45, 2.75) is 39.7 Å². The number of nitrogens with zero attached hydrogens (tertiary/aromatic N) is 2. The number of likely N-dealkylation sites (N-methyl/N-ethyl adjacent to an activating group) is 1. The Morgan fingerprint density at radius 2 is 2.06 bits per heavy atom. The van der Waals surface area contributed by atoms with E-state index in [1.165, 1.54) is 0 Å². The topological polar surface area (TPSA) is 49.6 Å². The van der Waals surface area contributed by atoms with Gasteiger partial charge < -0.3 is 15.5 Å². The minimum Gasteiger partial charge on any atom is -0.337 e. The van der Waals surface area contributed by atoms with Crippen molar-refractivity contribution in [1.29, 1.82) is 0 Å². The van der Waals surface area contributed by atoms with Gasteiger partial charge >= 0.3 is 0 Å². The van der Waals surface area contributed by atoms with Gasteiger partial charge in [0, 0.05) is 32.1 Å². The molecule has 0 aliphatic carbocycles. The summed E-state index contributed by atoms with van der Waals surface area (Å²) in [4.78, 5) is 16.6. The molecular weight excluding hydrogens is 226 g/mol. The molecule has 1 aliphatic rings. The zero-order chi connectivity index (χ0) is 13.7. The van der Waals surface area contributed by atoms with E-state index in [1.807, 2.05) is 4.90 Å². The molecule has 0 aromatic heterocycles. The van der Waals surface area contributed by atoms with Crippen LogP contribution in [0.5, 0.6) is 0 Å². The molecule has 1 saturated heterocycles. The second-order valence-corrected chi connectivity index (χ2v) is 6.13. The van der Waals surface area contributed by atoms with E-state index in [9.17, 15) is 4.79 Å². The number of amides is 1. The summed E-state index contributed by atoms with van der Waals surface area (Å²) in [6.45, 7) is 9.93. The van der Waals surface area contributed by atoms with Crippen LogP contribution in [0.1, 0.15) is 33.6 Å². The fourth-order valence-electron chi connectivity index (χ4n) is 2.80. The summed E-state index contributed by atoms with van der Waals surface area (Å²) in [5.41, 5.74) is 5.78. The smallest absolute Gasteiger partial charge is 0.223 e. The second kappa shape index (κ2) is 7.10. The van der Waals surface area contributed by atoms with Crippen molar-refractivity contribution in [1.82, 2.24) is 9.80 Å². The largest absolute Gasteiger partial charge is 0.337 e. The maximum atomic E-state index is 12.3. The Kier molecular flexibility index (Phi) is 6.09. The molecule has 1 aliphatic heterocycles. The third kappa shape index (κ3) is 4.58. The predicted molar refractivity (Wildman–Crippen MR) is 75.3 cm³/mol. The van der Waals surface area contributed by atoms with Crippen LogP contribution < -0.4 is 5.73 Å². The molecule has 0 aromatic rings. The Balaban J connectivity index is 2.48. The van der Waals surface area contributed by atoms with Crippen molar-refractivity contribution in [3.63, 3.8) is 0 Å². The molecule has 2 atom stereocenters. The molecule has 0 radical (unpaired) electrons. The number of hydrogen-bond donors (Lipinski definition) is 1. The molecule has 1 heterocycles. The molecule has 1 amide bonds. The molecule has 4 nitrogen and oxygen atoms in total. The average Bonchev–Trinajstić information content (AvgIpc) is 2.27. The summed E-state index contributed by atoms with van der Waals surface area (Å²) in [7, 11) is 2.11. The molecule has 0 aromatic carbocycles. The third-order valence-corrected chi connectivity index (χ3v) is 3.75. The molecule has 1 fully saturated rings. The van der Waals surface area contributed by atoms with Crippen molar-refractivity contribution in [2.75, 3.05) is 33.2 Å². The molecule has 0 bridgehead atoms. The van der Waals surface area contributed by atoms with Crippen LogP contribution in [-0.2, 0) is 4.79 Å².